The predicted molar refractivity (Wildman–Crippen MR) is 107 cm³/mol. The van der Waals surface area contributed by atoms with Gasteiger partial charge in [0.1, 0.15) is 0 Å². The zero-order valence-corrected chi connectivity index (χ0v) is 14.9. The van der Waals surface area contributed by atoms with Gasteiger partial charge >= 0.3 is 0 Å². The zero-order valence-electron chi connectivity index (χ0n) is 14.9. The quantitative estimate of drug-likeness (QED) is 0.410. The first-order valence-electron chi connectivity index (χ1n) is 8.65. The first-order chi connectivity index (χ1) is 12.1. The Kier molecular flexibility index (Phi) is 3.85. The van der Waals surface area contributed by atoms with Crippen molar-refractivity contribution in [3.8, 4) is 22.4 Å². The van der Waals surface area contributed by atoms with Crippen LogP contribution >= 0.6 is 0 Å². The SMILES string of the molecule is Cc1ccc(-c2cccc3c(-c4cc(C)cc(C)c4)nccc23)cc1. The van der Waals surface area contributed by atoms with Crippen LogP contribution in [0.5, 0.6) is 0 Å². The van der Waals surface area contributed by atoms with E-state index in [1.54, 1.807) is 0 Å². The summed E-state index contributed by atoms with van der Waals surface area (Å²) >= 11 is 0. The molecule has 0 bridgehead atoms. The van der Waals surface area contributed by atoms with Gasteiger partial charge in [-0.25, -0.2) is 0 Å². The highest BCUT2D eigenvalue weighted by Gasteiger charge is 2.10. The van der Waals surface area contributed by atoms with E-state index in [2.05, 4.69) is 87.5 Å². The van der Waals surface area contributed by atoms with Crippen LogP contribution in [0.15, 0.2) is 72.9 Å². The van der Waals surface area contributed by atoms with E-state index >= 15 is 0 Å². The van der Waals surface area contributed by atoms with Crippen molar-refractivity contribution in [1.29, 1.82) is 0 Å². The third kappa shape index (κ3) is 2.94. The highest BCUT2D eigenvalue weighted by molar-refractivity contribution is 6.03. The standard InChI is InChI=1S/C24H21N/c1-16-7-9-19(10-8-16)21-5-4-6-23-22(21)11-12-25-24(23)20-14-17(2)13-18(3)15-20/h4-15H,1-3H3. The molecule has 1 aromatic heterocycles. The van der Waals surface area contributed by atoms with Crippen LogP contribution in [-0.2, 0) is 0 Å². The minimum atomic E-state index is 1.05. The number of aryl methyl sites for hydroxylation is 3. The van der Waals surface area contributed by atoms with E-state index in [4.69, 9.17) is 4.98 Å². The summed E-state index contributed by atoms with van der Waals surface area (Å²) < 4.78 is 0. The number of fused-ring (bicyclic) bond motifs is 1. The summed E-state index contributed by atoms with van der Waals surface area (Å²) in [6.45, 7) is 6.40. The van der Waals surface area contributed by atoms with Crippen molar-refractivity contribution in [3.63, 3.8) is 0 Å². The van der Waals surface area contributed by atoms with Gasteiger partial charge in [0.15, 0.2) is 0 Å². The average Bonchev–Trinajstić information content (AvgIpc) is 2.60. The minimum Gasteiger partial charge on any atom is -0.256 e. The molecule has 0 radical (unpaired) electrons. The van der Waals surface area contributed by atoms with Gasteiger partial charge < -0.3 is 0 Å². The van der Waals surface area contributed by atoms with Gasteiger partial charge in [-0.3, -0.25) is 4.98 Å². The Morgan fingerprint density at radius 2 is 1.32 bits per heavy atom. The lowest BCUT2D eigenvalue weighted by Gasteiger charge is -2.12. The Hall–Kier alpha value is -2.93. The summed E-state index contributed by atoms with van der Waals surface area (Å²) in [5.41, 5.74) is 8.55. The number of benzene rings is 3. The van der Waals surface area contributed by atoms with Crippen LogP contribution in [0.1, 0.15) is 16.7 Å². The fourth-order valence-corrected chi connectivity index (χ4v) is 3.53. The average molecular weight is 323 g/mol. The number of nitrogens with zero attached hydrogens (tertiary/aromatic N) is 1. The van der Waals surface area contributed by atoms with Crippen molar-refractivity contribution in [3.05, 3.63) is 89.6 Å². The first-order valence-corrected chi connectivity index (χ1v) is 8.65. The molecule has 0 unspecified atom stereocenters. The maximum absolute atomic E-state index is 4.71. The van der Waals surface area contributed by atoms with Gasteiger partial charge in [-0.2, -0.15) is 0 Å². The topological polar surface area (TPSA) is 12.9 Å². The van der Waals surface area contributed by atoms with Gasteiger partial charge in [0, 0.05) is 17.1 Å². The molecule has 0 saturated carbocycles. The molecule has 0 spiro atoms. The molecule has 0 aliphatic carbocycles. The third-order valence-electron chi connectivity index (χ3n) is 4.66. The Bertz CT molecular complexity index is 1040. The van der Waals surface area contributed by atoms with E-state index in [1.807, 2.05) is 6.20 Å². The van der Waals surface area contributed by atoms with Crippen LogP contribution in [-0.4, -0.2) is 4.98 Å². The number of aromatic nitrogens is 1. The van der Waals surface area contributed by atoms with E-state index in [0.717, 1.165) is 5.69 Å². The molecular weight excluding hydrogens is 302 g/mol. The molecule has 4 aromatic rings. The van der Waals surface area contributed by atoms with Gasteiger partial charge in [0.05, 0.1) is 5.69 Å². The van der Waals surface area contributed by atoms with Crippen molar-refractivity contribution in [2.75, 3.05) is 0 Å². The van der Waals surface area contributed by atoms with Gasteiger partial charge in [-0.15, -0.1) is 0 Å². The Morgan fingerprint density at radius 1 is 0.600 bits per heavy atom. The Morgan fingerprint density at radius 3 is 2.04 bits per heavy atom. The molecule has 25 heavy (non-hydrogen) atoms. The molecular formula is C24H21N. The van der Waals surface area contributed by atoms with Crippen molar-refractivity contribution in [2.24, 2.45) is 0 Å². The summed E-state index contributed by atoms with van der Waals surface area (Å²) in [4.78, 5) is 4.71. The molecule has 1 heterocycles. The maximum atomic E-state index is 4.71. The molecule has 0 N–H and O–H groups in total. The van der Waals surface area contributed by atoms with Crippen LogP contribution in [0.25, 0.3) is 33.2 Å². The molecule has 0 aliphatic rings. The molecule has 0 aliphatic heterocycles. The van der Waals surface area contributed by atoms with Crippen LogP contribution in [0.4, 0.5) is 0 Å². The second-order valence-corrected chi connectivity index (χ2v) is 6.80. The van der Waals surface area contributed by atoms with Crippen LogP contribution in [0, 0.1) is 20.8 Å². The fraction of sp³-hybridized carbons (Fsp3) is 0.125. The Labute approximate surface area is 149 Å². The van der Waals surface area contributed by atoms with E-state index < -0.39 is 0 Å². The number of hydrogen-bond donors (Lipinski definition) is 0. The normalized spacial score (nSPS) is 11.0. The lowest BCUT2D eigenvalue weighted by molar-refractivity contribution is 1.32. The molecule has 122 valence electrons. The van der Waals surface area contributed by atoms with Gasteiger partial charge in [-0.05, 0) is 55.5 Å². The molecule has 0 atom stereocenters. The number of pyridine rings is 1. The van der Waals surface area contributed by atoms with Crippen molar-refractivity contribution in [2.45, 2.75) is 20.8 Å². The monoisotopic (exact) mass is 323 g/mol. The highest BCUT2D eigenvalue weighted by Crippen LogP contribution is 2.34. The van der Waals surface area contributed by atoms with Gasteiger partial charge in [-0.1, -0.05) is 65.2 Å². The lowest BCUT2D eigenvalue weighted by atomic mass is 9.95. The summed E-state index contributed by atoms with van der Waals surface area (Å²) in [6, 6.07) is 24.0. The second kappa shape index (κ2) is 6.18. The minimum absolute atomic E-state index is 1.05. The second-order valence-electron chi connectivity index (χ2n) is 6.80. The number of rotatable bonds is 2. The van der Waals surface area contributed by atoms with Gasteiger partial charge in [0.2, 0.25) is 0 Å². The molecule has 0 amide bonds. The molecule has 1 nitrogen and oxygen atoms in total. The van der Waals surface area contributed by atoms with E-state index in [1.165, 1.54) is 44.2 Å². The van der Waals surface area contributed by atoms with E-state index in [9.17, 15) is 0 Å². The smallest absolute Gasteiger partial charge is 0.0780 e. The lowest BCUT2D eigenvalue weighted by Crippen LogP contribution is -1.90. The van der Waals surface area contributed by atoms with E-state index in [0.29, 0.717) is 0 Å². The van der Waals surface area contributed by atoms with Crippen molar-refractivity contribution < 1.29 is 0 Å². The molecule has 1 heteroatoms. The zero-order chi connectivity index (χ0) is 17.4. The first kappa shape index (κ1) is 15.6. The number of hydrogen-bond acceptors (Lipinski definition) is 1. The van der Waals surface area contributed by atoms with Crippen LogP contribution < -0.4 is 0 Å². The molecule has 4 rings (SSSR count). The van der Waals surface area contributed by atoms with Crippen LogP contribution in [0.3, 0.4) is 0 Å². The maximum Gasteiger partial charge on any atom is 0.0780 e. The summed E-state index contributed by atoms with van der Waals surface area (Å²) in [5.74, 6) is 0. The summed E-state index contributed by atoms with van der Waals surface area (Å²) in [7, 11) is 0. The summed E-state index contributed by atoms with van der Waals surface area (Å²) in [5, 5.41) is 2.45. The summed E-state index contributed by atoms with van der Waals surface area (Å²) in [6.07, 6.45) is 1.92. The molecule has 0 fully saturated rings. The van der Waals surface area contributed by atoms with Gasteiger partial charge in [0.25, 0.3) is 0 Å². The predicted octanol–water partition coefficient (Wildman–Crippen LogP) is 6.49. The largest absolute Gasteiger partial charge is 0.256 e. The van der Waals surface area contributed by atoms with Crippen LogP contribution in [0.2, 0.25) is 0 Å². The van der Waals surface area contributed by atoms with Crippen molar-refractivity contribution in [1.82, 2.24) is 4.98 Å². The Balaban J connectivity index is 1.97. The molecule has 0 saturated heterocycles. The third-order valence-corrected chi connectivity index (χ3v) is 4.66. The van der Waals surface area contributed by atoms with Crippen molar-refractivity contribution >= 4 is 10.8 Å². The highest BCUT2D eigenvalue weighted by atomic mass is 14.7. The fourth-order valence-electron chi connectivity index (χ4n) is 3.53. The van der Waals surface area contributed by atoms with E-state index in [-0.39, 0.29) is 0 Å². The molecule has 3 aromatic carbocycles.